The van der Waals surface area contributed by atoms with Crippen LogP contribution in [0.2, 0.25) is 5.02 Å². The Morgan fingerprint density at radius 3 is 2.49 bits per heavy atom. The summed E-state index contributed by atoms with van der Waals surface area (Å²) in [7, 11) is -4.66. The summed E-state index contributed by atoms with van der Waals surface area (Å²) in [4.78, 5) is 40.1. The molecule has 67 heavy (non-hydrogen) atoms. The number of nitro groups is 1. The monoisotopic (exact) mass is 954 g/mol. The predicted octanol–water partition coefficient (Wildman–Crippen LogP) is 9.27. The molecule has 354 valence electrons. The first-order valence-electron chi connectivity index (χ1n) is 22.9. The Hall–Kier alpha value is -5.75. The smallest absolute Gasteiger partial charge is 0.293 e. The second kappa shape index (κ2) is 18.7. The third-order valence-corrected chi connectivity index (χ3v) is 15.2. The summed E-state index contributed by atoms with van der Waals surface area (Å²) in [5.74, 6) is -0.557. The number of pyridine rings is 1. The number of piperazine rings is 1. The molecule has 1 unspecified atom stereocenters. The van der Waals surface area contributed by atoms with E-state index in [0.717, 1.165) is 80.2 Å². The number of nitrogens with one attached hydrogen (secondary N) is 3. The zero-order valence-corrected chi connectivity index (χ0v) is 39.5. The van der Waals surface area contributed by atoms with Crippen LogP contribution in [0.15, 0.2) is 89.5 Å². The van der Waals surface area contributed by atoms with Gasteiger partial charge in [-0.05, 0) is 97.3 Å². The van der Waals surface area contributed by atoms with Crippen molar-refractivity contribution in [2.24, 2.45) is 5.41 Å². The van der Waals surface area contributed by atoms with Crippen LogP contribution in [-0.4, -0.2) is 105 Å². The Bertz CT molecular complexity index is 2820. The molecular formula is C49H56ClFN8O7S. The molecule has 5 heterocycles. The lowest BCUT2D eigenvalue weighted by Gasteiger charge is -2.39. The first-order chi connectivity index (χ1) is 32.0. The molecule has 4 aliphatic rings. The van der Waals surface area contributed by atoms with E-state index in [-0.39, 0.29) is 55.4 Å². The molecule has 1 aliphatic carbocycles. The lowest BCUT2D eigenvalue weighted by atomic mass is 9.72. The van der Waals surface area contributed by atoms with Crippen molar-refractivity contribution in [3.63, 3.8) is 0 Å². The van der Waals surface area contributed by atoms with E-state index < -0.39 is 37.1 Å². The molecule has 9 rings (SSSR count). The van der Waals surface area contributed by atoms with E-state index in [9.17, 15) is 23.3 Å². The number of alkyl halides is 1. The minimum atomic E-state index is -4.66. The molecule has 3 aromatic carbocycles. The van der Waals surface area contributed by atoms with Gasteiger partial charge in [0.05, 0.1) is 27.2 Å². The summed E-state index contributed by atoms with van der Waals surface area (Å²) in [6, 6.07) is 20.6. The third-order valence-electron chi connectivity index (χ3n) is 13.6. The Morgan fingerprint density at radius 2 is 1.75 bits per heavy atom. The number of anilines is 4. The maximum Gasteiger partial charge on any atom is 0.293 e. The predicted molar refractivity (Wildman–Crippen MR) is 259 cm³/mol. The SMILES string of the molecule is CC1CCN(c2cc(N3CCN(CC4=C(c5ccc(Cl)cc5)CC(C)(C)CC4)CC3)ccc2C(=O)NS(=O)(=O)c2ccc(NCC3(F)CCOCC3)c([N+](=O)[O-])c2)c2cc3cc[nH]c3nc2O1. The number of ether oxygens (including phenoxy) is 2. The molecule has 2 aromatic heterocycles. The van der Waals surface area contributed by atoms with Crippen molar-refractivity contribution in [1.29, 1.82) is 0 Å². The number of aromatic amines is 1. The van der Waals surface area contributed by atoms with E-state index >= 15 is 4.39 Å². The molecular weight excluding hydrogens is 899 g/mol. The van der Waals surface area contributed by atoms with Gasteiger partial charge in [-0.2, -0.15) is 4.98 Å². The Balaban J connectivity index is 0.997. The van der Waals surface area contributed by atoms with E-state index in [0.29, 0.717) is 35.9 Å². The Morgan fingerprint density at radius 1 is 0.985 bits per heavy atom. The van der Waals surface area contributed by atoms with Gasteiger partial charge < -0.3 is 29.6 Å². The number of fused-ring (bicyclic) bond motifs is 2. The zero-order chi connectivity index (χ0) is 47.1. The van der Waals surface area contributed by atoms with E-state index in [4.69, 9.17) is 26.1 Å². The molecule has 0 bridgehead atoms. The number of H-pyrrole nitrogens is 1. The van der Waals surface area contributed by atoms with Crippen LogP contribution in [0.5, 0.6) is 5.88 Å². The lowest BCUT2D eigenvalue weighted by molar-refractivity contribution is -0.384. The van der Waals surface area contributed by atoms with Gasteiger partial charge >= 0.3 is 0 Å². The van der Waals surface area contributed by atoms with Crippen molar-refractivity contribution >= 4 is 72.6 Å². The number of sulfonamides is 1. The van der Waals surface area contributed by atoms with Gasteiger partial charge in [0.25, 0.3) is 21.6 Å². The molecule has 0 saturated carbocycles. The second-order valence-electron chi connectivity index (χ2n) is 19.0. The first-order valence-corrected chi connectivity index (χ1v) is 24.8. The second-order valence-corrected chi connectivity index (χ2v) is 21.1. The molecule has 18 heteroatoms. The number of aromatic nitrogens is 2. The van der Waals surface area contributed by atoms with Crippen LogP contribution in [0, 0.1) is 15.5 Å². The van der Waals surface area contributed by atoms with Crippen LogP contribution in [0.4, 0.5) is 32.8 Å². The molecule has 1 atom stereocenters. The fourth-order valence-electron chi connectivity index (χ4n) is 9.58. The van der Waals surface area contributed by atoms with Gasteiger partial charge in [-0.1, -0.05) is 43.2 Å². The molecule has 0 radical (unpaired) electrons. The van der Waals surface area contributed by atoms with Gasteiger partial charge in [-0.15, -0.1) is 0 Å². The van der Waals surface area contributed by atoms with E-state index in [2.05, 4.69) is 50.8 Å². The number of carbonyl (C=O) groups is 1. The van der Waals surface area contributed by atoms with Gasteiger partial charge in [0.2, 0.25) is 5.88 Å². The Labute approximate surface area is 394 Å². The Kier molecular flexibility index (Phi) is 13.0. The first kappa shape index (κ1) is 46.4. The van der Waals surface area contributed by atoms with Crippen LogP contribution in [0.3, 0.4) is 0 Å². The fourth-order valence-corrected chi connectivity index (χ4v) is 10.7. The largest absolute Gasteiger partial charge is 0.473 e. The van der Waals surface area contributed by atoms with Crippen molar-refractivity contribution < 1.29 is 32.0 Å². The molecule has 0 spiro atoms. The van der Waals surface area contributed by atoms with Crippen molar-refractivity contribution in [1.82, 2.24) is 19.6 Å². The number of nitrogens with zero attached hydrogens (tertiary/aromatic N) is 5. The molecule has 2 saturated heterocycles. The summed E-state index contributed by atoms with van der Waals surface area (Å²) in [6.07, 6.45) is 5.55. The summed E-state index contributed by atoms with van der Waals surface area (Å²) < 4.78 is 57.1. The van der Waals surface area contributed by atoms with E-state index in [1.165, 1.54) is 22.8 Å². The van der Waals surface area contributed by atoms with Crippen LogP contribution in [0.25, 0.3) is 16.6 Å². The molecule has 1 amide bonds. The number of amides is 1. The van der Waals surface area contributed by atoms with Crippen LogP contribution in [-0.2, 0) is 14.8 Å². The average Bonchev–Trinajstić information content (AvgIpc) is 3.70. The minimum absolute atomic E-state index is 0.0447. The van der Waals surface area contributed by atoms with Crippen LogP contribution < -0.4 is 24.6 Å². The van der Waals surface area contributed by atoms with Gasteiger partial charge in [0.1, 0.15) is 22.7 Å². The number of hydrogen-bond acceptors (Lipinski definition) is 12. The highest BCUT2D eigenvalue weighted by molar-refractivity contribution is 7.90. The number of rotatable bonds is 12. The van der Waals surface area contributed by atoms with Crippen molar-refractivity contribution in [2.75, 3.05) is 74.1 Å². The molecule has 3 N–H and O–H groups in total. The van der Waals surface area contributed by atoms with E-state index in [1.807, 2.05) is 48.2 Å². The molecule has 3 aliphatic heterocycles. The van der Waals surface area contributed by atoms with Crippen molar-refractivity contribution in [2.45, 2.75) is 76.0 Å². The summed E-state index contributed by atoms with van der Waals surface area (Å²) in [5, 5.41) is 16.6. The standard InChI is InChI=1S/C49H56ClFN8O7S/c1-32-14-19-58(44-26-34-13-18-52-45(34)54-47(44)66-32)42-27-37(57-22-20-56(21-23-57)30-35-12-15-48(2,3)29-40(35)33-4-6-36(50)7-5-33)8-10-39(42)46(60)55-67(63,64)38-9-11-41(43(28-38)59(61)62)53-31-49(51)16-24-65-25-17-49/h4-11,13,18,26-28,32,53H,12,14-17,19-25,29-31H2,1-3H3,(H,52,54)(H,55,60). The van der Waals surface area contributed by atoms with Gasteiger partial charge in [-0.25, -0.2) is 17.5 Å². The maximum atomic E-state index is 15.3. The summed E-state index contributed by atoms with van der Waals surface area (Å²) >= 11 is 6.27. The van der Waals surface area contributed by atoms with Crippen molar-refractivity contribution in [3.05, 3.63) is 111 Å². The maximum absolute atomic E-state index is 15.3. The average molecular weight is 956 g/mol. The lowest BCUT2D eigenvalue weighted by Crippen LogP contribution is -2.47. The number of nitro benzene ring substituents is 1. The van der Waals surface area contributed by atoms with Gasteiger partial charge in [0.15, 0.2) is 0 Å². The van der Waals surface area contributed by atoms with E-state index in [1.54, 1.807) is 12.3 Å². The number of carbonyl (C=O) groups excluding carboxylic acids is 1. The molecule has 15 nitrogen and oxygen atoms in total. The molecule has 2 fully saturated rings. The number of benzene rings is 3. The number of allylic oxidation sites excluding steroid dienone is 1. The minimum Gasteiger partial charge on any atom is -0.473 e. The number of halogens is 2. The summed E-state index contributed by atoms with van der Waals surface area (Å²) in [6.45, 7) is 11.2. The van der Waals surface area contributed by atoms with Gasteiger partial charge in [-0.3, -0.25) is 19.8 Å². The van der Waals surface area contributed by atoms with Crippen LogP contribution >= 0.6 is 11.6 Å². The van der Waals surface area contributed by atoms with Crippen LogP contribution in [0.1, 0.15) is 75.2 Å². The third kappa shape index (κ3) is 10.2. The highest BCUT2D eigenvalue weighted by Crippen LogP contribution is 2.44. The topological polar surface area (TPSA) is 175 Å². The number of hydrogen-bond donors (Lipinski definition) is 3. The highest BCUT2D eigenvalue weighted by atomic mass is 35.5. The quantitative estimate of drug-likeness (QED) is 0.0800. The fraction of sp³-hybridized carbons (Fsp3) is 0.429. The summed E-state index contributed by atoms with van der Waals surface area (Å²) in [5.41, 5.74) is 4.68. The van der Waals surface area contributed by atoms with Gasteiger partial charge in [0, 0.05) is 107 Å². The highest BCUT2D eigenvalue weighted by Gasteiger charge is 2.35. The molecule has 5 aromatic rings. The van der Waals surface area contributed by atoms with Crippen molar-refractivity contribution in [3.8, 4) is 5.88 Å². The normalized spacial score (nSPS) is 19.9. The zero-order valence-electron chi connectivity index (χ0n) is 37.9.